The molecule has 2 fully saturated rings. The second kappa shape index (κ2) is 2.48. The van der Waals surface area contributed by atoms with Crippen LogP contribution in [0.1, 0.15) is 46.0 Å². The molecule has 0 amide bonds. The lowest BCUT2D eigenvalue weighted by Gasteiger charge is -2.38. The standard InChI is InChI=1S/C10H19N/c1-3-10(2)7-8-4-5-9(6-8)11-10/h8-9,11H,3-7H2,1-2H3. The van der Waals surface area contributed by atoms with Crippen LogP contribution in [0.4, 0.5) is 0 Å². The molecule has 3 atom stereocenters. The molecule has 2 rings (SSSR count). The fourth-order valence-electron chi connectivity index (χ4n) is 2.83. The first-order valence-corrected chi connectivity index (χ1v) is 4.99. The number of nitrogens with one attached hydrogen (secondary N) is 1. The highest BCUT2D eigenvalue weighted by Crippen LogP contribution is 2.39. The molecule has 1 aliphatic heterocycles. The SMILES string of the molecule is CCC1(C)CC2CCC(C2)N1. The summed E-state index contributed by atoms with van der Waals surface area (Å²) >= 11 is 0. The second-order valence-electron chi connectivity index (χ2n) is 4.64. The number of hydrogen-bond acceptors (Lipinski definition) is 1. The summed E-state index contributed by atoms with van der Waals surface area (Å²) in [4.78, 5) is 0. The fraction of sp³-hybridized carbons (Fsp3) is 1.00. The summed E-state index contributed by atoms with van der Waals surface area (Å²) in [6.07, 6.45) is 7.07. The highest BCUT2D eigenvalue weighted by Gasteiger charge is 2.38. The average Bonchev–Trinajstić information content (AvgIpc) is 2.31. The largest absolute Gasteiger partial charge is 0.309 e. The Labute approximate surface area is 69.6 Å². The Bertz CT molecular complexity index is 141. The van der Waals surface area contributed by atoms with Crippen LogP contribution in [0.3, 0.4) is 0 Å². The van der Waals surface area contributed by atoms with Gasteiger partial charge >= 0.3 is 0 Å². The van der Waals surface area contributed by atoms with Gasteiger partial charge in [0.1, 0.15) is 0 Å². The third kappa shape index (κ3) is 1.31. The minimum Gasteiger partial charge on any atom is -0.309 e. The predicted octanol–water partition coefficient (Wildman–Crippen LogP) is 2.32. The fourth-order valence-corrected chi connectivity index (χ4v) is 2.83. The third-order valence-corrected chi connectivity index (χ3v) is 3.61. The molecule has 2 aliphatic rings. The summed E-state index contributed by atoms with van der Waals surface area (Å²) in [5.41, 5.74) is 0.476. The zero-order chi connectivity index (χ0) is 7.90. The Hall–Kier alpha value is -0.0400. The van der Waals surface area contributed by atoms with Crippen molar-refractivity contribution in [3.8, 4) is 0 Å². The van der Waals surface area contributed by atoms with E-state index in [1.54, 1.807) is 0 Å². The molecule has 0 spiro atoms. The summed E-state index contributed by atoms with van der Waals surface area (Å²) in [6.45, 7) is 4.69. The van der Waals surface area contributed by atoms with Crippen molar-refractivity contribution in [1.82, 2.24) is 5.32 Å². The van der Waals surface area contributed by atoms with E-state index in [4.69, 9.17) is 0 Å². The maximum atomic E-state index is 3.77. The van der Waals surface area contributed by atoms with Crippen molar-refractivity contribution in [2.75, 3.05) is 0 Å². The summed E-state index contributed by atoms with van der Waals surface area (Å²) in [7, 11) is 0. The predicted molar refractivity (Wildman–Crippen MR) is 47.6 cm³/mol. The molecule has 2 bridgehead atoms. The second-order valence-corrected chi connectivity index (χ2v) is 4.64. The van der Waals surface area contributed by atoms with Crippen molar-refractivity contribution in [3.63, 3.8) is 0 Å². The Morgan fingerprint density at radius 3 is 2.91 bits per heavy atom. The summed E-state index contributed by atoms with van der Waals surface area (Å²) in [5, 5.41) is 3.77. The lowest BCUT2D eigenvalue weighted by molar-refractivity contribution is 0.207. The topological polar surface area (TPSA) is 12.0 Å². The monoisotopic (exact) mass is 153 g/mol. The van der Waals surface area contributed by atoms with Gasteiger partial charge in [-0.1, -0.05) is 6.92 Å². The maximum Gasteiger partial charge on any atom is 0.0155 e. The van der Waals surface area contributed by atoms with Gasteiger partial charge in [0, 0.05) is 11.6 Å². The van der Waals surface area contributed by atoms with Gasteiger partial charge in [0.15, 0.2) is 0 Å². The number of rotatable bonds is 1. The summed E-state index contributed by atoms with van der Waals surface area (Å²) in [6, 6.07) is 0.860. The van der Waals surface area contributed by atoms with E-state index in [1.807, 2.05) is 0 Å². The van der Waals surface area contributed by atoms with Crippen molar-refractivity contribution in [2.45, 2.75) is 57.5 Å². The first-order chi connectivity index (χ1) is 5.22. The van der Waals surface area contributed by atoms with E-state index in [1.165, 1.54) is 32.1 Å². The van der Waals surface area contributed by atoms with Gasteiger partial charge in [0.2, 0.25) is 0 Å². The smallest absolute Gasteiger partial charge is 0.0155 e. The first kappa shape index (κ1) is 7.60. The van der Waals surface area contributed by atoms with Crippen LogP contribution in [0.5, 0.6) is 0 Å². The van der Waals surface area contributed by atoms with E-state index in [9.17, 15) is 0 Å². The van der Waals surface area contributed by atoms with Gasteiger partial charge in [0.05, 0.1) is 0 Å². The van der Waals surface area contributed by atoms with Crippen LogP contribution in [0.25, 0.3) is 0 Å². The molecule has 0 aromatic rings. The van der Waals surface area contributed by atoms with E-state index in [-0.39, 0.29) is 0 Å². The Kier molecular flexibility index (Phi) is 1.71. The molecular formula is C10H19N. The van der Waals surface area contributed by atoms with Gasteiger partial charge in [0.25, 0.3) is 0 Å². The zero-order valence-electron chi connectivity index (χ0n) is 7.69. The lowest BCUT2D eigenvalue weighted by atomic mass is 9.82. The van der Waals surface area contributed by atoms with Gasteiger partial charge < -0.3 is 5.32 Å². The van der Waals surface area contributed by atoms with Gasteiger partial charge in [-0.05, 0) is 44.9 Å². The van der Waals surface area contributed by atoms with E-state index in [0.29, 0.717) is 5.54 Å². The highest BCUT2D eigenvalue weighted by atomic mass is 15.0. The normalized spacial score (nSPS) is 49.6. The van der Waals surface area contributed by atoms with Crippen LogP contribution in [0, 0.1) is 5.92 Å². The molecule has 1 heterocycles. The lowest BCUT2D eigenvalue weighted by Crippen LogP contribution is -2.50. The van der Waals surface area contributed by atoms with Crippen molar-refractivity contribution >= 4 is 0 Å². The molecule has 1 N–H and O–H groups in total. The van der Waals surface area contributed by atoms with Crippen LogP contribution in [0.2, 0.25) is 0 Å². The van der Waals surface area contributed by atoms with Gasteiger partial charge in [-0.2, -0.15) is 0 Å². The Morgan fingerprint density at radius 1 is 1.45 bits per heavy atom. The average molecular weight is 153 g/mol. The molecule has 0 aromatic heterocycles. The van der Waals surface area contributed by atoms with E-state index in [2.05, 4.69) is 19.2 Å². The molecule has 1 saturated carbocycles. The molecule has 1 nitrogen and oxygen atoms in total. The maximum absolute atomic E-state index is 3.77. The molecule has 0 radical (unpaired) electrons. The number of fused-ring (bicyclic) bond motifs is 2. The zero-order valence-corrected chi connectivity index (χ0v) is 7.69. The molecule has 0 aromatic carbocycles. The van der Waals surface area contributed by atoms with Crippen molar-refractivity contribution in [1.29, 1.82) is 0 Å². The van der Waals surface area contributed by atoms with Crippen LogP contribution in [-0.4, -0.2) is 11.6 Å². The van der Waals surface area contributed by atoms with Crippen LogP contribution in [-0.2, 0) is 0 Å². The number of piperidine rings is 1. The Morgan fingerprint density at radius 2 is 2.27 bits per heavy atom. The highest BCUT2D eigenvalue weighted by molar-refractivity contribution is 4.97. The van der Waals surface area contributed by atoms with Crippen LogP contribution >= 0.6 is 0 Å². The molecular weight excluding hydrogens is 134 g/mol. The van der Waals surface area contributed by atoms with Crippen LogP contribution in [0.15, 0.2) is 0 Å². The van der Waals surface area contributed by atoms with E-state index < -0.39 is 0 Å². The quantitative estimate of drug-likeness (QED) is 0.609. The number of hydrogen-bond donors (Lipinski definition) is 1. The first-order valence-electron chi connectivity index (χ1n) is 4.99. The molecule has 3 unspecified atom stereocenters. The van der Waals surface area contributed by atoms with Crippen molar-refractivity contribution in [3.05, 3.63) is 0 Å². The molecule has 1 heteroatoms. The third-order valence-electron chi connectivity index (χ3n) is 3.61. The Balaban J connectivity index is 2.07. The van der Waals surface area contributed by atoms with Crippen LogP contribution < -0.4 is 5.32 Å². The van der Waals surface area contributed by atoms with Gasteiger partial charge in [-0.3, -0.25) is 0 Å². The van der Waals surface area contributed by atoms with Gasteiger partial charge in [-0.15, -0.1) is 0 Å². The van der Waals surface area contributed by atoms with Gasteiger partial charge in [-0.25, -0.2) is 0 Å². The molecule has 11 heavy (non-hydrogen) atoms. The molecule has 1 saturated heterocycles. The molecule has 1 aliphatic carbocycles. The van der Waals surface area contributed by atoms with E-state index in [0.717, 1.165) is 12.0 Å². The van der Waals surface area contributed by atoms with Crippen molar-refractivity contribution in [2.24, 2.45) is 5.92 Å². The summed E-state index contributed by atoms with van der Waals surface area (Å²) in [5.74, 6) is 1.05. The van der Waals surface area contributed by atoms with Crippen molar-refractivity contribution < 1.29 is 0 Å². The minimum atomic E-state index is 0.476. The summed E-state index contributed by atoms with van der Waals surface area (Å²) < 4.78 is 0. The van der Waals surface area contributed by atoms with E-state index >= 15 is 0 Å². The molecule has 64 valence electrons. The minimum absolute atomic E-state index is 0.476.